The monoisotopic (exact) mass is 434 g/mol. The number of hydrogen-bond donors (Lipinski definition) is 1. The molecule has 1 saturated heterocycles. The molecule has 1 aromatic heterocycles. The third-order valence-corrected chi connectivity index (χ3v) is 5.41. The second kappa shape index (κ2) is 8.22. The lowest BCUT2D eigenvalue weighted by Gasteiger charge is -2.23. The van der Waals surface area contributed by atoms with E-state index in [9.17, 15) is 14.4 Å². The first-order chi connectivity index (χ1) is 15.3. The van der Waals surface area contributed by atoms with Gasteiger partial charge in [-0.15, -0.1) is 5.10 Å². The first-order valence-electron chi connectivity index (χ1n) is 10.1. The fraction of sp³-hybridized carbons (Fsp3) is 0.273. The standard InChI is InChI=1S/C22H22N6O4/c1-4-32-19-9-8-15(14(2)29)10-16(19)12-27-20(30)22(3,24-21(27)31)17-6-5-7-18(11-17)28-13-23-25-26-28/h5-11,13H,4,12H2,1-3H3,(H,24,31). The molecular weight excluding hydrogens is 412 g/mol. The number of ether oxygens (including phenoxy) is 1. The molecule has 3 amide bonds. The predicted octanol–water partition coefficient (Wildman–Crippen LogP) is 2.23. The van der Waals surface area contributed by atoms with E-state index in [2.05, 4.69) is 20.8 Å². The summed E-state index contributed by atoms with van der Waals surface area (Å²) in [4.78, 5) is 39.2. The Bertz CT molecular complexity index is 1190. The molecule has 10 nitrogen and oxygen atoms in total. The average molecular weight is 434 g/mol. The first-order valence-corrected chi connectivity index (χ1v) is 10.1. The molecule has 0 bridgehead atoms. The van der Waals surface area contributed by atoms with Gasteiger partial charge in [-0.3, -0.25) is 14.5 Å². The molecule has 4 rings (SSSR count). The zero-order valence-corrected chi connectivity index (χ0v) is 17.9. The molecule has 0 aliphatic carbocycles. The Morgan fingerprint density at radius 3 is 2.69 bits per heavy atom. The van der Waals surface area contributed by atoms with Crippen LogP contribution in [0.1, 0.15) is 42.3 Å². The quantitative estimate of drug-likeness (QED) is 0.447. The van der Waals surface area contributed by atoms with Crippen LogP contribution < -0.4 is 10.1 Å². The van der Waals surface area contributed by atoms with Crippen LogP contribution in [0.4, 0.5) is 4.79 Å². The fourth-order valence-corrected chi connectivity index (χ4v) is 3.66. The number of Topliss-reactive ketones (excluding diaryl/α,β-unsaturated/α-hetero) is 1. The van der Waals surface area contributed by atoms with E-state index in [1.54, 1.807) is 49.4 Å². The van der Waals surface area contributed by atoms with Crippen LogP contribution >= 0.6 is 0 Å². The van der Waals surface area contributed by atoms with Gasteiger partial charge in [0, 0.05) is 11.1 Å². The Kier molecular flexibility index (Phi) is 5.43. The van der Waals surface area contributed by atoms with Gasteiger partial charge in [-0.1, -0.05) is 12.1 Å². The lowest BCUT2D eigenvalue weighted by molar-refractivity contribution is -0.131. The van der Waals surface area contributed by atoms with Crippen molar-refractivity contribution in [2.75, 3.05) is 6.61 Å². The van der Waals surface area contributed by atoms with Gasteiger partial charge in [0.05, 0.1) is 18.8 Å². The Balaban J connectivity index is 1.66. The first kappa shape index (κ1) is 21.2. The lowest BCUT2D eigenvalue weighted by Crippen LogP contribution is -2.40. The van der Waals surface area contributed by atoms with Crippen molar-refractivity contribution in [2.45, 2.75) is 32.9 Å². The van der Waals surface area contributed by atoms with Crippen molar-refractivity contribution in [1.82, 2.24) is 30.4 Å². The molecule has 32 heavy (non-hydrogen) atoms. The zero-order chi connectivity index (χ0) is 22.9. The van der Waals surface area contributed by atoms with Crippen molar-refractivity contribution < 1.29 is 19.1 Å². The number of aromatic nitrogens is 4. The van der Waals surface area contributed by atoms with Crippen molar-refractivity contribution in [3.63, 3.8) is 0 Å². The fourth-order valence-electron chi connectivity index (χ4n) is 3.66. The van der Waals surface area contributed by atoms with Gasteiger partial charge >= 0.3 is 6.03 Å². The molecule has 3 aromatic rings. The second-order valence-corrected chi connectivity index (χ2v) is 7.56. The van der Waals surface area contributed by atoms with E-state index in [0.29, 0.717) is 34.7 Å². The van der Waals surface area contributed by atoms with Crippen molar-refractivity contribution in [3.05, 3.63) is 65.5 Å². The number of benzene rings is 2. The van der Waals surface area contributed by atoms with E-state index in [-0.39, 0.29) is 12.3 Å². The van der Waals surface area contributed by atoms with E-state index in [4.69, 9.17) is 4.74 Å². The lowest BCUT2D eigenvalue weighted by atomic mass is 9.91. The molecule has 2 aromatic carbocycles. The van der Waals surface area contributed by atoms with Gasteiger partial charge < -0.3 is 10.1 Å². The van der Waals surface area contributed by atoms with Crippen molar-refractivity contribution >= 4 is 17.7 Å². The summed E-state index contributed by atoms with van der Waals surface area (Å²) in [5.41, 5.74) is 1.03. The number of imide groups is 1. The highest BCUT2D eigenvalue weighted by molar-refractivity contribution is 6.07. The van der Waals surface area contributed by atoms with Gasteiger partial charge in [-0.25, -0.2) is 9.48 Å². The van der Waals surface area contributed by atoms with E-state index >= 15 is 0 Å². The summed E-state index contributed by atoms with van der Waals surface area (Å²) in [6.45, 7) is 5.34. The number of tetrazole rings is 1. The Morgan fingerprint density at radius 1 is 1.19 bits per heavy atom. The average Bonchev–Trinajstić information content (AvgIpc) is 3.39. The zero-order valence-electron chi connectivity index (χ0n) is 17.9. The van der Waals surface area contributed by atoms with Gasteiger partial charge in [-0.05, 0) is 67.1 Å². The SMILES string of the molecule is CCOc1ccc(C(C)=O)cc1CN1C(=O)NC(C)(c2cccc(-n3cnnn3)c2)C1=O. The molecule has 10 heteroatoms. The van der Waals surface area contributed by atoms with Crippen LogP contribution in [0.25, 0.3) is 5.69 Å². The maximum Gasteiger partial charge on any atom is 0.325 e. The highest BCUT2D eigenvalue weighted by Gasteiger charge is 2.49. The molecule has 1 aliphatic rings. The van der Waals surface area contributed by atoms with Crippen LogP contribution in [0.5, 0.6) is 5.75 Å². The molecule has 0 saturated carbocycles. The maximum atomic E-state index is 13.4. The number of nitrogens with one attached hydrogen (secondary N) is 1. The molecule has 1 N–H and O–H groups in total. The molecule has 164 valence electrons. The highest BCUT2D eigenvalue weighted by Crippen LogP contribution is 2.32. The Hall–Kier alpha value is -4.08. The molecule has 1 atom stereocenters. The second-order valence-electron chi connectivity index (χ2n) is 7.56. The van der Waals surface area contributed by atoms with Crippen LogP contribution in [0.15, 0.2) is 48.8 Å². The van der Waals surface area contributed by atoms with Gasteiger partial charge in [-0.2, -0.15) is 0 Å². The van der Waals surface area contributed by atoms with E-state index in [1.165, 1.54) is 17.9 Å². The molecule has 1 unspecified atom stereocenters. The van der Waals surface area contributed by atoms with Crippen molar-refractivity contribution in [2.24, 2.45) is 0 Å². The summed E-state index contributed by atoms with van der Waals surface area (Å²) in [5, 5.41) is 13.9. The Labute approximate surface area is 184 Å². The van der Waals surface area contributed by atoms with E-state index in [0.717, 1.165) is 4.90 Å². The topological polar surface area (TPSA) is 119 Å². The summed E-state index contributed by atoms with van der Waals surface area (Å²) >= 11 is 0. The minimum Gasteiger partial charge on any atom is -0.494 e. The van der Waals surface area contributed by atoms with Gasteiger partial charge in [0.15, 0.2) is 5.78 Å². The molecular formula is C22H22N6O4. The molecule has 1 fully saturated rings. The van der Waals surface area contributed by atoms with Gasteiger partial charge in [0.25, 0.3) is 5.91 Å². The van der Waals surface area contributed by atoms with Crippen LogP contribution in [-0.2, 0) is 16.9 Å². The summed E-state index contributed by atoms with van der Waals surface area (Å²) in [5.74, 6) is -0.00447. The molecule has 2 heterocycles. The summed E-state index contributed by atoms with van der Waals surface area (Å²) in [6, 6.07) is 11.5. The molecule has 0 spiro atoms. The minimum absolute atomic E-state index is 0.0244. The summed E-state index contributed by atoms with van der Waals surface area (Å²) in [7, 11) is 0. The summed E-state index contributed by atoms with van der Waals surface area (Å²) in [6.07, 6.45) is 1.44. The molecule has 0 radical (unpaired) electrons. The Morgan fingerprint density at radius 2 is 2.00 bits per heavy atom. The van der Waals surface area contributed by atoms with Crippen LogP contribution in [0.3, 0.4) is 0 Å². The van der Waals surface area contributed by atoms with Crippen LogP contribution in [0.2, 0.25) is 0 Å². The smallest absolute Gasteiger partial charge is 0.325 e. The van der Waals surface area contributed by atoms with Gasteiger partial charge in [0.1, 0.15) is 17.6 Å². The van der Waals surface area contributed by atoms with Crippen molar-refractivity contribution in [3.8, 4) is 11.4 Å². The largest absolute Gasteiger partial charge is 0.494 e. The molecule has 1 aliphatic heterocycles. The normalized spacial score (nSPS) is 18.0. The number of carbonyl (C=O) groups excluding carboxylic acids is 3. The predicted molar refractivity (Wildman–Crippen MR) is 113 cm³/mol. The number of hydrogen-bond acceptors (Lipinski definition) is 7. The maximum absolute atomic E-state index is 13.4. The third kappa shape index (κ3) is 3.70. The number of ketones is 1. The number of rotatable bonds is 7. The van der Waals surface area contributed by atoms with Crippen LogP contribution in [0, 0.1) is 0 Å². The highest BCUT2D eigenvalue weighted by atomic mass is 16.5. The van der Waals surface area contributed by atoms with Gasteiger partial charge in [0.2, 0.25) is 0 Å². The summed E-state index contributed by atoms with van der Waals surface area (Å²) < 4.78 is 7.11. The van der Waals surface area contributed by atoms with E-state index < -0.39 is 17.5 Å². The number of urea groups is 1. The third-order valence-electron chi connectivity index (χ3n) is 5.41. The number of carbonyl (C=O) groups is 3. The van der Waals surface area contributed by atoms with E-state index in [1.807, 2.05) is 6.92 Å². The minimum atomic E-state index is -1.27. The number of amides is 3. The van der Waals surface area contributed by atoms with Crippen molar-refractivity contribution in [1.29, 1.82) is 0 Å². The van der Waals surface area contributed by atoms with Crippen LogP contribution in [-0.4, -0.2) is 49.4 Å². The number of nitrogens with zero attached hydrogens (tertiary/aromatic N) is 5.